The molecule has 4 nitrogen and oxygen atoms in total. The molecule has 1 fully saturated rings. The quantitative estimate of drug-likeness (QED) is 0.904. The number of benzene rings is 2. The number of nitrogens with zero attached hydrogens (tertiary/aromatic N) is 1. The Morgan fingerprint density at radius 3 is 2.58 bits per heavy atom. The highest BCUT2D eigenvalue weighted by atomic mass is 35.5. The first-order chi connectivity index (χ1) is 11.5. The summed E-state index contributed by atoms with van der Waals surface area (Å²) < 4.78 is 0. The van der Waals surface area contributed by atoms with E-state index in [2.05, 4.69) is 5.32 Å². The van der Waals surface area contributed by atoms with Crippen LogP contribution in [-0.2, 0) is 11.3 Å². The van der Waals surface area contributed by atoms with Gasteiger partial charge in [-0.1, -0.05) is 53.5 Å². The maximum Gasteiger partial charge on any atom is 0.251 e. The van der Waals surface area contributed by atoms with Crippen molar-refractivity contribution >= 4 is 35.0 Å². The molecule has 0 spiro atoms. The zero-order valence-electron chi connectivity index (χ0n) is 12.8. The molecule has 3 rings (SSSR count). The van der Waals surface area contributed by atoms with Gasteiger partial charge in [-0.15, -0.1) is 0 Å². The number of carbonyl (C=O) groups is 2. The summed E-state index contributed by atoms with van der Waals surface area (Å²) in [5.74, 6) is -0.388. The van der Waals surface area contributed by atoms with E-state index in [-0.39, 0.29) is 11.8 Å². The van der Waals surface area contributed by atoms with E-state index < -0.39 is 6.04 Å². The summed E-state index contributed by atoms with van der Waals surface area (Å²) in [6.45, 7) is 1.18. The average Bonchev–Trinajstić information content (AvgIpc) is 2.91. The summed E-state index contributed by atoms with van der Waals surface area (Å²) in [5.41, 5.74) is 1.46. The third kappa shape index (κ3) is 3.71. The molecule has 1 heterocycles. The molecule has 2 aromatic carbocycles. The van der Waals surface area contributed by atoms with Gasteiger partial charge in [-0.3, -0.25) is 9.59 Å². The van der Waals surface area contributed by atoms with Gasteiger partial charge in [0.15, 0.2) is 0 Å². The third-order valence-corrected chi connectivity index (χ3v) is 4.74. The van der Waals surface area contributed by atoms with Crippen LogP contribution in [0.5, 0.6) is 0 Å². The molecule has 1 saturated heterocycles. The Hall–Kier alpha value is -2.04. The molecule has 24 heavy (non-hydrogen) atoms. The smallest absolute Gasteiger partial charge is 0.251 e. The normalized spacial score (nSPS) is 17.2. The summed E-state index contributed by atoms with van der Waals surface area (Å²) in [4.78, 5) is 26.5. The highest BCUT2D eigenvalue weighted by Crippen LogP contribution is 2.23. The van der Waals surface area contributed by atoms with Gasteiger partial charge < -0.3 is 10.2 Å². The minimum Gasteiger partial charge on any atom is -0.340 e. The molecular weight excluding hydrogens is 347 g/mol. The van der Waals surface area contributed by atoms with Gasteiger partial charge in [-0.25, -0.2) is 0 Å². The standard InChI is InChI=1S/C18H16Cl2N2O2/c19-14-7-6-13(10-15(14)20)17(23)21-16-8-9-22(18(16)24)11-12-4-2-1-3-5-12/h1-7,10,16H,8-9,11H2,(H,21,23). The first kappa shape index (κ1) is 16.8. The molecule has 124 valence electrons. The van der Waals surface area contributed by atoms with Gasteiger partial charge in [-0.05, 0) is 30.2 Å². The molecule has 1 N–H and O–H groups in total. The topological polar surface area (TPSA) is 49.4 Å². The number of likely N-dealkylation sites (tertiary alicyclic amines) is 1. The van der Waals surface area contributed by atoms with Crippen LogP contribution in [0.4, 0.5) is 0 Å². The van der Waals surface area contributed by atoms with E-state index in [1.165, 1.54) is 6.07 Å². The molecule has 6 heteroatoms. The molecule has 0 aromatic heterocycles. The van der Waals surface area contributed by atoms with E-state index in [9.17, 15) is 9.59 Å². The van der Waals surface area contributed by atoms with Gasteiger partial charge >= 0.3 is 0 Å². The monoisotopic (exact) mass is 362 g/mol. The van der Waals surface area contributed by atoms with Gasteiger partial charge in [0, 0.05) is 18.7 Å². The summed E-state index contributed by atoms with van der Waals surface area (Å²) >= 11 is 11.8. The number of nitrogens with one attached hydrogen (secondary N) is 1. The number of amides is 2. The Bertz CT molecular complexity index is 765. The van der Waals surface area contributed by atoms with Gasteiger partial charge in [0.05, 0.1) is 10.0 Å². The molecule has 0 radical (unpaired) electrons. The molecule has 1 atom stereocenters. The van der Waals surface area contributed by atoms with Crippen LogP contribution in [0, 0.1) is 0 Å². The van der Waals surface area contributed by atoms with Gasteiger partial charge in [-0.2, -0.15) is 0 Å². The van der Waals surface area contributed by atoms with Crippen molar-refractivity contribution < 1.29 is 9.59 Å². The minimum absolute atomic E-state index is 0.0627. The van der Waals surface area contributed by atoms with E-state index in [4.69, 9.17) is 23.2 Å². The van der Waals surface area contributed by atoms with Crippen LogP contribution in [0.15, 0.2) is 48.5 Å². The Labute approximate surface area is 150 Å². The lowest BCUT2D eigenvalue weighted by molar-refractivity contribution is -0.129. The van der Waals surface area contributed by atoms with Crippen LogP contribution < -0.4 is 5.32 Å². The van der Waals surface area contributed by atoms with Crippen molar-refractivity contribution in [2.24, 2.45) is 0 Å². The van der Waals surface area contributed by atoms with Crippen LogP contribution in [0.25, 0.3) is 0 Å². The Balaban J connectivity index is 1.63. The fourth-order valence-corrected chi connectivity index (χ4v) is 3.01. The fraction of sp³-hybridized carbons (Fsp3) is 0.222. The number of halogens is 2. The first-order valence-electron chi connectivity index (χ1n) is 7.63. The second kappa shape index (κ2) is 7.24. The minimum atomic E-state index is -0.504. The molecule has 1 unspecified atom stereocenters. The zero-order valence-corrected chi connectivity index (χ0v) is 14.3. The molecule has 2 amide bonds. The van der Waals surface area contributed by atoms with Crippen molar-refractivity contribution in [3.05, 3.63) is 69.7 Å². The first-order valence-corrected chi connectivity index (χ1v) is 8.39. The lowest BCUT2D eigenvalue weighted by Crippen LogP contribution is -2.41. The van der Waals surface area contributed by atoms with Crippen molar-refractivity contribution in [2.45, 2.75) is 19.0 Å². The molecule has 0 bridgehead atoms. The van der Waals surface area contributed by atoms with E-state index in [0.717, 1.165) is 5.56 Å². The average molecular weight is 363 g/mol. The molecule has 0 saturated carbocycles. The van der Waals surface area contributed by atoms with Crippen LogP contribution >= 0.6 is 23.2 Å². The maximum atomic E-state index is 12.5. The van der Waals surface area contributed by atoms with Crippen molar-refractivity contribution in [3.8, 4) is 0 Å². The molecule has 1 aliphatic heterocycles. The Morgan fingerprint density at radius 2 is 1.88 bits per heavy atom. The SMILES string of the molecule is O=C(NC1CCN(Cc2ccccc2)C1=O)c1ccc(Cl)c(Cl)c1. The maximum absolute atomic E-state index is 12.5. The van der Waals surface area contributed by atoms with Crippen molar-refractivity contribution in [2.75, 3.05) is 6.54 Å². The predicted molar refractivity (Wildman–Crippen MR) is 94.2 cm³/mol. The van der Waals surface area contributed by atoms with E-state index >= 15 is 0 Å². The summed E-state index contributed by atoms with van der Waals surface area (Å²) in [5, 5.41) is 3.48. The van der Waals surface area contributed by atoms with Crippen molar-refractivity contribution in [1.82, 2.24) is 10.2 Å². The van der Waals surface area contributed by atoms with Gasteiger partial charge in [0.1, 0.15) is 6.04 Å². The van der Waals surface area contributed by atoms with Crippen LogP contribution in [0.1, 0.15) is 22.3 Å². The number of rotatable bonds is 4. The van der Waals surface area contributed by atoms with E-state index in [1.54, 1.807) is 17.0 Å². The van der Waals surface area contributed by atoms with Crippen LogP contribution in [-0.4, -0.2) is 29.3 Å². The molecular formula is C18H16Cl2N2O2. The summed E-state index contributed by atoms with van der Waals surface area (Å²) in [6.07, 6.45) is 0.596. The summed E-state index contributed by atoms with van der Waals surface area (Å²) in [6, 6.07) is 13.9. The number of carbonyl (C=O) groups excluding carboxylic acids is 2. The predicted octanol–water partition coefficient (Wildman–Crippen LogP) is 3.52. The second-order valence-corrected chi connectivity index (χ2v) is 6.50. The molecule has 0 aliphatic carbocycles. The van der Waals surface area contributed by atoms with E-state index in [0.29, 0.717) is 35.1 Å². The fourth-order valence-electron chi connectivity index (χ4n) is 2.71. The number of hydrogen-bond donors (Lipinski definition) is 1. The lowest BCUT2D eigenvalue weighted by Gasteiger charge is -2.17. The van der Waals surface area contributed by atoms with E-state index in [1.807, 2.05) is 30.3 Å². The Kier molecular flexibility index (Phi) is 5.07. The van der Waals surface area contributed by atoms with Crippen molar-refractivity contribution in [1.29, 1.82) is 0 Å². The van der Waals surface area contributed by atoms with Gasteiger partial charge in [0.25, 0.3) is 5.91 Å². The van der Waals surface area contributed by atoms with Crippen LogP contribution in [0.3, 0.4) is 0 Å². The molecule has 1 aliphatic rings. The molecule has 2 aromatic rings. The summed E-state index contributed by atoms with van der Waals surface area (Å²) in [7, 11) is 0. The zero-order chi connectivity index (χ0) is 17.1. The largest absolute Gasteiger partial charge is 0.340 e. The highest BCUT2D eigenvalue weighted by molar-refractivity contribution is 6.42. The lowest BCUT2D eigenvalue weighted by atomic mass is 10.2. The third-order valence-electron chi connectivity index (χ3n) is 4.00. The highest BCUT2D eigenvalue weighted by Gasteiger charge is 2.32. The second-order valence-electron chi connectivity index (χ2n) is 5.69. The Morgan fingerprint density at radius 1 is 1.12 bits per heavy atom. The van der Waals surface area contributed by atoms with Gasteiger partial charge in [0.2, 0.25) is 5.91 Å². The number of hydrogen-bond acceptors (Lipinski definition) is 2. The van der Waals surface area contributed by atoms with Crippen molar-refractivity contribution in [3.63, 3.8) is 0 Å². The van der Waals surface area contributed by atoms with Crippen LogP contribution in [0.2, 0.25) is 10.0 Å².